The number of benzene rings is 2. The predicted octanol–water partition coefficient (Wildman–Crippen LogP) is 3.94. The zero-order chi connectivity index (χ0) is 21.5. The van der Waals surface area contributed by atoms with Gasteiger partial charge in [0.25, 0.3) is 0 Å². The van der Waals surface area contributed by atoms with Crippen molar-refractivity contribution in [3.05, 3.63) is 52.5 Å². The molecule has 158 valence electrons. The van der Waals surface area contributed by atoms with E-state index in [2.05, 4.69) is 21.2 Å². The Bertz CT molecular complexity index is 1110. The van der Waals surface area contributed by atoms with Gasteiger partial charge >= 0.3 is 0 Å². The summed E-state index contributed by atoms with van der Waals surface area (Å²) in [6.07, 6.45) is 2.39. The summed E-state index contributed by atoms with van der Waals surface area (Å²) in [5.41, 5.74) is 2.29. The van der Waals surface area contributed by atoms with Gasteiger partial charge in [-0.15, -0.1) is 0 Å². The predicted molar refractivity (Wildman–Crippen MR) is 119 cm³/mol. The molecule has 4 rings (SSSR count). The average molecular weight is 491 g/mol. The lowest BCUT2D eigenvalue weighted by atomic mass is 10.2. The Morgan fingerprint density at radius 2 is 1.97 bits per heavy atom. The van der Waals surface area contributed by atoms with Crippen LogP contribution < -0.4 is 10.2 Å². The van der Waals surface area contributed by atoms with Crippen LogP contribution in [0.25, 0.3) is 0 Å². The third kappa shape index (κ3) is 4.30. The lowest BCUT2D eigenvalue weighted by Crippen LogP contribution is -2.30. The Morgan fingerprint density at radius 1 is 1.20 bits per heavy atom. The molecule has 0 saturated heterocycles. The second-order valence-electron chi connectivity index (χ2n) is 7.92. The number of hydrogen-bond acceptors (Lipinski definition) is 4. The van der Waals surface area contributed by atoms with Crippen molar-refractivity contribution in [2.75, 3.05) is 16.8 Å². The zero-order valence-corrected chi connectivity index (χ0v) is 19.0. The molecule has 2 aromatic carbocycles. The molecule has 1 fully saturated rings. The van der Waals surface area contributed by atoms with Crippen LogP contribution in [-0.2, 0) is 25.8 Å². The Morgan fingerprint density at radius 3 is 2.67 bits per heavy atom. The van der Waals surface area contributed by atoms with Crippen molar-refractivity contribution in [3.8, 4) is 0 Å². The lowest BCUT2D eigenvalue weighted by molar-refractivity contribution is -0.119. The van der Waals surface area contributed by atoms with E-state index in [-0.39, 0.29) is 29.0 Å². The molecule has 0 radical (unpaired) electrons. The van der Waals surface area contributed by atoms with Gasteiger partial charge in [0.15, 0.2) is 9.84 Å². The van der Waals surface area contributed by atoms with Crippen LogP contribution >= 0.6 is 15.9 Å². The fourth-order valence-corrected chi connectivity index (χ4v) is 5.51. The van der Waals surface area contributed by atoms with Gasteiger partial charge in [0.05, 0.1) is 10.1 Å². The summed E-state index contributed by atoms with van der Waals surface area (Å²) in [5, 5.41) is 1.87. The fourth-order valence-electron chi connectivity index (χ4n) is 3.72. The molecule has 0 aromatic heterocycles. The molecule has 1 atom stereocenters. The van der Waals surface area contributed by atoms with Crippen LogP contribution in [0.5, 0.6) is 0 Å². The lowest BCUT2D eigenvalue weighted by Gasteiger charge is -2.18. The van der Waals surface area contributed by atoms with Crippen molar-refractivity contribution in [3.63, 3.8) is 0 Å². The van der Waals surface area contributed by atoms with Gasteiger partial charge in [-0.3, -0.25) is 9.59 Å². The van der Waals surface area contributed by atoms with Gasteiger partial charge in [-0.05, 0) is 68.1 Å². The van der Waals surface area contributed by atoms with E-state index in [0.717, 1.165) is 28.6 Å². The molecule has 1 saturated carbocycles. The largest absolute Gasteiger partial charge is 0.326 e. The summed E-state index contributed by atoms with van der Waals surface area (Å²) in [5.74, 6) is -0.0865. The smallest absolute Gasteiger partial charge is 0.230 e. The fraction of sp³-hybridized carbons (Fsp3) is 0.364. The van der Waals surface area contributed by atoms with Crippen LogP contribution in [0.1, 0.15) is 31.7 Å². The molecule has 1 aliphatic carbocycles. The first-order valence-corrected chi connectivity index (χ1v) is 12.3. The van der Waals surface area contributed by atoms with E-state index < -0.39 is 15.1 Å². The number of carbonyl (C=O) groups is 2. The zero-order valence-electron chi connectivity index (χ0n) is 16.6. The summed E-state index contributed by atoms with van der Waals surface area (Å²) < 4.78 is 26.9. The second kappa shape index (κ2) is 8.15. The van der Waals surface area contributed by atoms with Crippen LogP contribution in [0.15, 0.2) is 51.8 Å². The Labute approximate surface area is 184 Å². The van der Waals surface area contributed by atoms with Crippen molar-refractivity contribution < 1.29 is 18.0 Å². The number of rotatable bonds is 6. The van der Waals surface area contributed by atoms with Gasteiger partial charge < -0.3 is 10.2 Å². The first-order valence-electron chi connectivity index (χ1n) is 9.99. The molecule has 0 unspecified atom stereocenters. The normalized spacial score (nSPS) is 16.8. The second-order valence-corrected chi connectivity index (χ2v) is 11.2. The van der Waals surface area contributed by atoms with Crippen molar-refractivity contribution in [2.45, 2.75) is 42.8 Å². The van der Waals surface area contributed by atoms with Gasteiger partial charge in [0.1, 0.15) is 0 Å². The van der Waals surface area contributed by atoms with Crippen molar-refractivity contribution in [1.29, 1.82) is 0 Å². The monoisotopic (exact) mass is 490 g/mol. The minimum absolute atomic E-state index is 0.128. The molecule has 0 spiro atoms. The van der Waals surface area contributed by atoms with Crippen molar-refractivity contribution in [2.24, 2.45) is 5.92 Å². The highest BCUT2D eigenvalue weighted by Gasteiger charge is 2.37. The Kier molecular flexibility index (Phi) is 5.72. The summed E-state index contributed by atoms with van der Waals surface area (Å²) >= 11 is 3.34. The first-order chi connectivity index (χ1) is 14.3. The average Bonchev–Trinajstić information content (AvgIpc) is 3.46. The maximum atomic E-state index is 13.0. The summed E-state index contributed by atoms with van der Waals surface area (Å²) in [6.45, 7) is 2.14. The third-order valence-electron chi connectivity index (χ3n) is 5.58. The van der Waals surface area contributed by atoms with E-state index in [1.54, 1.807) is 48.2 Å². The molecule has 1 aliphatic heterocycles. The Balaban J connectivity index is 1.46. The van der Waals surface area contributed by atoms with Gasteiger partial charge in [-0.1, -0.05) is 22.0 Å². The number of amides is 2. The number of sulfone groups is 1. The van der Waals surface area contributed by atoms with E-state index in [4.69, 9.17) is 0 Å². The third-order valence-corrected chi connectivity index (χ3v) is 8.21. The standard InChI is InChI=1S/C22H23BrN2O4S/c1-14(11-21(26)24-18-4-2-3-17(23)13-18)30(28,29)19-7-8-20-16(12-19)9-10-25(20)22(27)15-5-6-15/h2-4,7-8,12-15H,5-6,9-11H2,1H3,(H,24,26)/t14-/m0/s1. The number of hydrogen-bond donors (Lipinski definition) is 1. The minimum Gasteiger partial charge on any atom is -0.326 e. The molecule has 8 heteroatoms. The topological polar surface area (TPSA) is 83.6 Å². The number of fused-ring (bicyclic) bond motifs is 1. The molecular formula is C22H23BrN2O4S. The molecule has 2 amide bonds. The number of carbonyl (C=O) groups excluding carboxylic acids is 2. The van der Waals surface area contributed by atoms with Crippen LogP contribution in [0.3, 0.4) is 0 Å². The maximum Gasteiger partial charge on any atom is 0.230 e. The van der Waals surface area contributed by atoms with Gasteiger partial charge in [-0.2, -0.15) is 0 Å². The molecule has 2 aliphatic rings. The molecular weight excluding hydrogens is 468 g/mol. The van der Waals surface area contributed by atoms with Gasteiger partial charge in [-0.25, -0.2) is 8.42 Å². The van der Waals surface area contributed by atoms with Gasteiger partial charge in [0.2, 0.25) is 11.8 Å². The molecule has 1 N–H and O–H groups in total. The van der Waals surface area contributed by atoms with Crippen molar-refractivity contribution in [1.82, 2.24) is 0 Å². The highest BCUT2D eigenvalue weighted by Crippen LogP contribution is 2.37. The molecule has 2 aromatic rings. The molecule has 1 heterocycles. The van der Waals surface area contributed by atoms with Crippen molar-refractivity contribution >= 4 is 49.0 Å². The Hall–Kier alpha value is -2.19. The molecule has 30 heavy (non-hydrogen) atoms. The maximum absolute atomic E-state index is 13.0. The van der Waals surface area contributed by atoms with E-state index in [1.807, 2.05) is 6.07 Å². The number of halogens is 1. The number of anilines is 2. The van der Waals surface area contributed by atoms with E-state index >= 15 is 0 Å². The molecule has 0 bridgehead atoms. The minimum atomic E-state index is -3.67. The van der Waals surface area contributed by atoms with Crippen LogP contribution in [0.4, 0.5) is 11.4 Å². The summed E-state index contributed by atoms with van der Waals surface area (Å²) in [7, 11) is -3.67. The van der Waals surface area contributed by atoms with Crippen LogP contribution in [0, 0.1) is 5.92 Å². The first kappa shape index (κ1) is 21.1. The highest BCUT2D eigenvalue weighted by molar-refractivity contribution is 9.10. The van der Waals surface area contributed by atoms with Crippen LogP contribution in [0.2, 0.25) is 0 Å². The van der Waals surface area contributed by atoms with E-state index in [1.165, 1.54) is 0 Å². The summed E-state index contributed by atoms with van der Waals surface area (Å²) in [6, 6.07) is 12.1. The molecule has 6 nitrogen and oxygen atoms in total. The van der Waals surface area contributed by atoms with Gasteiger partial charge in [0, 0.05) is 34.7 Å². The quantitative estimate of drug-likeness (QED) is 0.664. The van der Waals surface area contributed by atoms with E-state index in [9.17, 15) is 18.0 Å². The SMILES string of the molecule is C[C@@H](CC(=O)Nc1cccc(Br)c1)S(=O)(=O)c1ccc2c(c1)CCN2C(=O)C1CC1. The van der Waals surface area contributed by atoms with Crippen LogP contribution in [-0.4, -0.2) is 32.0 Å². The summed E-state index contributed by atoms with van der Waals surface area (Å²) in [4.78, 5) is 26.7. The number of nitrogens with one attached hydrogen (secondary N) is 1. The number of nitrogens with zero attached hydrogens (tertiary/aromatic N) is 1. The van der Waals surface area contributed by atoms with E-state index in [0.29, 0.717) is 18.7 Å². The highest BCUT2D eigenvalue weighted by atomic mass is 79.9.